The number of rotatable bonds is 9. The lowest BCUT2D eigenvalue weighted by Crippen LogP contribution is -2.32. The van der Waals surface area contributed by atoms with Gasteiger partial charge in [-0.15, -0.1) is 0 Å². The predicted molar refractivity (Wildman–Crippen MR) is 156 cm³/mol. The van der Waals surface area contributed by atoms with Crippen LogP contribution in [-0.4, -0.2) is 38.1 Å². The van der Waals surface area contributed by atoms with Crippen molar-refractivity contribution in [1.29, 1.82) is 0 Å². The van der Waals surface area contributed by atoms with Crippen LogP contribution < -0.4 is 20.4 Å². The molecule has 2 N–H and O–H groups in total. The third-order valence-electron chi connectivity index (χ3n) is 5.76. The Hall–Kier alpha value is -5.57. The predicted octanol–water partition coefficient (Wildman–Crippen LogP) is 5.03. The molecule has 206 valence electrons. The molecule has 4 aromatic rings. The summed E-state index contributed by atoms with van der Waals surface area (Å²) in [6.45, 7) is 0. The number of hydrogen-bond acceptors (Lipinski definition) is 6. The van der Waals surface area contributed by atoms with Crippen LogP contribution in [0.2, 0.25) is 0 Å². The zero-order valence-electron chi connectivity index (χ0n) is 22.4. The van der Waals surface area contributed by atoms with Gasteiger partial charge in [-0.25, -0.2) is 14.6 Å². The average molecular weight is 551 g/mol. The van der Waals surface area contributed by atoms with E-state index in [9.17, 15) is 18.8 Å². The Labute approximate surface area is 236 Å². The fourth-order valence-corrected chi connectivity index (χ4v) is 3.64. The summed E-state index contributed by atoms with van der Waals surface area (Å²) in [5, 5.41) is 6.53. The first kappa shape index (κ1) is 28.4. The largest absolute Gasteiger partial charge is 0.423 e. The van der Waals surface area contributed by atoms with Crippen LogP contribution in [0.4, 0.5) is 10.1 Å². The summed E-state index contributed by atoms with van der Waals surface area (Å²) in [6, 6.07) is 27.7. The highest BCUT2D eigenvalue weighted by Gasteiger charge is 2.15. The summed E-state index contributed by atoms with van der Waals surface area (Å²) >= 11 is 0. The number of ether oxygens (including phenoxy) is 1. The lowest BCUT2D eigenvalue weighted by atomic mass is 10.1. The Kier molecular flexibility index (Phi) is 9.35. The van der Waals surface area contributed by atoms with Gasteiger partial charge in [-0.3, -0.25) is 9.59 Å². The Morgan fingerprint density at radius 2 is 1.51 bits per heavy atom. The van der Waals surface area contributed by atoms with Crippen LogP contribution in [0.5, 0.6) is 5.75 Å². The lowest BCUT2D eigenvalue weighted by molar-refractivity contribution is -0.117. The average Bonchev–Trinajstić information content (AvgIpc) is 2.97. The number of nitrogens with one attached hydrogen (secondary N) is 2. The number of benzene rings is 4. The number of halogens is 1. The summed E-state index contributed by atoms with van der Waals surface area (Å²) in [6.07, 6.45) is 2.86. The zero-order valence-corrected chi connectivity index (χ0v) is 22.4. The van der Waals surface area contributed by atoms with Crippen molar-refractivity contribution in [3.05, 3.63) is 137 Å². The van der Waals surface area contributed by atoms with Gasteiger partial charge in [-0.1, -0.05) is 48.5 Å². The summed E-state index contributed by atoms with van der Waals surface area (Å²) < 4.78 is 19.1. The third kappa shape index (κ3) is 8.21. The van der Waals surface area contributed by atoms with Gasteiger partial charge in [-0.2, -0.15) is 5.10 Å². The van der Waals surface area contributed by atoms with Gasteiger partial charge >= 0.3 is 5.97 Å². The Bertz CT molecular complexity index is 1600. The molecular formula is C32H27FN4O4. The number of anilines is 1. The SMILES string of the molecule is CN(C)c1ccc(C=C(NC(=O)c2cccc(F)c2)C(=O)NN=Cc2cccc(OC(=O)c3ccccc3)c2)cc1. The molecule has 0 aliphatic rings. The Morgan fingerprint density at radius 3 is 2.22 bits per heavy atom. The van der Waals surface area contributed by atoms with Gasteiger partial charge in [0, 0.05) is 25.3 Å². The van der Waals surface area contributed by atoms with E-state index in [-0.39, 0.29) is 11.3 Å². The molecule has 2 amide bonds. The maximum atomic E-state index is 13.7. The van der Waals surface area contributed by atoms with Crippen molar-refractivity contribution in [3.63, 3.8) is 0 Å². The third-order valence-corrected chi connectivity index (χ3v) is 5.76. The molecule has 0 bridgehead atoms. The molecule has 0 spiro atoms. The number of carbonyl (C=O) groups is 3. The summed E-state index contributed by atoms with van der Waals surface area (Å²) in [5.41, 5.74) is 4.92. The summed E-state index contributed by atoms with van der Waals surface area (Å²) in [4.78, 5) is 40.1. The van der Waals surface area contributed by atoms with Gasteiger partial charge < -0.3 is 15.0 Å². The zero-order chi connectivity index (χ0) is 29.2. The second-order valence-corrected chi connectivity index (χ2v) is 9.04. The topological polar surface area (TPSA) is 100 Å². The highest BCUT2D eigenvalue weighted by molar-refractivity contribution is 6.05. The van der Waals surface area contributed by atoms with Crippen molar-refractivity contribution < 1.29 is 23.5 Å². The van der Waals surface area contributed by atoms with Gasteiger partial charge in [-0.05, 0) is 71.8 Å². The van der Waals surface area contributed by atoms with E-state index < -0.39 is 23.6 Å². The minimum absolute atomic E-state index is 0.0528. The number of hydrazone groups is 1. The van der Waals surface area contributed by atoms with Crippen molar-refractivity contribution in [2.24, 2.45) is 5.10 Å². The normalized spacial score (nSPS) is 11.1. The van der Waals surface area contributed by atoms with Crippen molar-refractivity contribution in [2.45, 2.75) is 0 Å². The molecule has 0 aliphatic heterocycles. The fourth-order valence-electron chi connectivity index (χ4n) is 3.64. The van der Waals surface area contributed by atoms with Crippen molar-refractivity contribution in [2.75, 3.05) is 19.0 Å². The van der Waals surface area contributed by atoms with Gasteiger partial charge in [0.25, 0.3) is 11.8 Å². The number of carbonyl (C=O) groups excluding carboxylic acids is 3. The minimum Gasteiger partial charge on any atom is -0.423 e. The molecule has 0 saturated carbocycles. The molecular weight excluding hydrogens is 523 g/mol. The van der Waals surface area contributed by atoms with Gasteiger partial charge in [0.2, 0.25) is 0 Å². The molecule has 0 heterocycles. The minimum atomic E-state index is -0.700. The van der Waals surface area contributed by atoms with Crippen molar-refractivity contribution >= 4 is 35.8 Å². The summed E-state index contributed by atoms with van der Waals surface area (Å²) in [7, 11) is 3.81. The van der Waals surface area contributed by atoms with E-state index in [0.29, 0.717) is 22.4 Å². The lowest BCUT2D eigenvalue weighted by Gasteiger charge is -2.12. The second-order valence-electron chi connectivity index (χ2n) is 9.04. The summed E-state index contributed by atoms with van der Waals surface area (Å²) in [5.74, 6) is -2.14. The van der Waals surface area contributed by atoms with Gasteiger partial charge in [0.15, 0.2) is 0 Å². The van der Waals surface area contributed by atoms with E-state index in [1.807, 2.05) is 31.1 Å². The first-order chi connectivity index (χ1) is 19.8. The van der Waals surface area contributed by atoms with E-state index in [4.69, 9.17) is 4.74 Å². The number of esters is 1. The molecule has 0 fully saturated rings. The molecule has 8 nitrogen and oxygen atoms in total. The number of nitrogens with zero attached hydrogens (tertiary/aromatic N) is 2. The van der Waals surface area contributed by atoms with E-state index in [1.165, 1.54) is 30.5 Å². The monoisotopic (exact) mass is 550 g/mol. The Balaban J connectivity index is 1.49. The van der Waals surface area contributed by atoms with E-state index in [2.05, 4.69) is 15.8 Å². The number of amides is 2. The van der Waals surface area contributed by atoms with Crippen LogP contribution in [0, 0.1) is 5.82 Å². The first-order valence-corrected chi connectivity index (χ1v) is 12.6. The van der Waals surface area contributed by atoms with Crippen molar-refractivity contribution in [3.8, 4) is 5.75 Å². The molecule has 0 unspecified atom stereocenters. The molecule has 0 saturated heterocycles. The van der Waals surface area contributed by atoms with E-state index in [0.717, 1.165) is 11.8 Å². The maximum Gasteiger partial charge on any atom is 0.343 e. The van der Waals surface area contributed by atoms with Gasteiger partial charge in [0.05, 0.1) is 11.8 Å². The molecule has 9 heteroatoms. The molecule has 4 rings (SSSR count). The molecule has 0 atom stereocenters. The highest BCUT2D eigenvalue weighted by Crippen LogP contribution is 2.16. The molecule has 4 aromatic carbocycles. The fraction of sp³-hybridized carbons (Fsp3) is 0.0625. The molecule has 0 aromatic heterocycles. The second kappa shape index (κ2) is 13.5. The standard InChI is InChI=1S/C32H27FN4O4/c1-37(2)27-16-14-22(15-17-27)19-29(35-30(38)25-11-7-12-26(33)20-25)31(39)36-34-21-23-8-6-13-28(18-23)41-32(40)24-9-4-3-5-10-24/h3-21H,1-2H3,(H,35,38)(H,36,39). The van der Waals surface area contributed by atoms with Crippen LogP contribution in [-0.2, 0) is 4.79 Å². The van der Waals surface area contributed by atoms with Crippen LogP contribution in [0.3, 0.4) is 0 Å². The number of hydrogen-bond donors (Lipinski definition) is 2. The van der Waals surface area contributed by atoms with Crippen LogP contribution in [0.25, 0.3) is 6.08 Å². The highest BCUT2D eigenvalue weighted by atomic mass is 19.1. The molecule has 0 aliphatic carbocycles. The van der Waals surface area contributed by atoms with Crippen molar-refractivity contribution in [1.82, 2.24) is 10.7 Å². The molecule has 0 radical (unpaired) electrons. The Morgan fingerprint density at radius 1 is 0.805 bits per heavy atom. The van der Waals surface area contributed by atoms with Crippen LogP contribution in [0.1, 0.15) is 31.8 Å². The molecule has 41 heavy (non-hydrogen) atoms. The first-order valence-electron chi connectivity index (χ1n) is 12.6. The van der Waals surface area contributed by atoms with E-state index >= 15 is 0 Å². The van der Waals surface area contributed by atoms with E-state index in [1.54, 1.807) is 66.7 Å². The maximum absolute atomic E-state index is 13.7. The van der Waals surface area contributed by atoms with Gasteiger partial charge in [0.1, 0.15) is 17.3 Å². The van der Waals surface area contributed by atoms with Crippen LogP contribution >= 0.6 is 0 Å². The van der Waals surface area contributed by atoms with Crippen LogP contribution in [0.15, 0.2) is 114 Å². The quantitative estimate of drug-likeness (QED) is 0.100. The smallest absolute Gasteiger partial charge is 0.343 e.